The molecule has 0 saturated heterocycles. The van der Waals surface area contributed by atoms with Crippen molar-refractivity contribution in [3.8, 4) is 17.7 Å². The van der Waals surface area contributed by atoms with Gasteiger partial charge in [-0.15, -0.1) is 11.3 Å². The van der Waals surface area contributed by atoms with E-state index in [1.807, 2.05) is 69.3 Å². The maximum absolute atomic E-state index is 13.6. The summed E-state index contributed by atoms with van der Waals surface area (Å²) >= 11 is 1.40. The van der Waals surface area contributed by atoms with E-state index in [0.717, 1.165) is 26.9 Å². The van der Waals surface area contributed by atoms with E-state index in [4.69, 9.17) is 9.72 Å². The number of fused-ring (bicyclic) bond motifs is 2. The van der Waals surface area contributed by atoms with Crippen LogP contribution in [0.1, 0.15) is 27.3 Å². The molecule has 0 aliphatic carbocycles. The molecule has 2 aromatic carbocycles. The molecule has 0 saturated carbocycles. The minimum atomic E-state index is -0.317. The Morgan fingerprint density at radius 2 is 1.82 bits per heavy atom. The van der Waals surface area contributed by atoms with Crippen molar-refractivity contribution < 1.29 is 4.74 Å². The first-order chi connectivity index (χ1) is 16.5. The number of pyridine rings is 1. The van der Waals surface area contributed by atoms with Crippen LogP contribution in [0.5, 0.6) is 11.6 Å². The quantitative estimate of drug-likeness (QED) is 0.301. The number of para-hydroxylation sites is 1. The van der Waals surface area contributed by atoms with Crippen LogP contribution in [0, 0.1) is 32.1 Å². The third kappa shape index (κ3) is 3.74. The lowest BCUT2D eigenvalue weighted by Crippen LogP contribution is -2.19. The number of nitriles is 1. The molecule has 0 aliphatic heterocycles. The standard InChI is InChI=1S/C27H20N4O2S/c1-16-8-6-11-22(18(16)3)33-25-20(27(32)31-13-7-9-17(2)24(31)30-25)14-19(15-28)26-29-21-10-4-5-12-23(21)34-26/h4-14H,1-3H3/b19-14+. The second kappa shape index (κ2) is 8.58. The lowest BCUT2D eigenvalue weighted by Gasteiger charge is -2.13. The van der Waals surface area contributed by atoms with Crippen LogP contribution in [0.2, 0.25) is 0 Å². The molecule has 0 radical (unpaired) electrons. The maximum Gasteiger partial charge on any atom is 0.269 e. The van der Waals surface area contributed by atoms with Gasteiger partial charge in [0.05, 0.1) is 15.8 Å². The molecule has 5 rings (SSSR count). The molecule has 0 aliphatic rings. The van der Waals surface area contributed by atoms with Gasteiger partial charge >= 0.3 is 0 Å². The molecule has 34 heavy (non-hydrogen) atoms. The minimum absolute atomic E-state index is 0.155. The highest BCUT2D eigenvalue weighted by atomic mass is 32.1. The van der Waals surface area contributed by atoms with Crippen LogP contribution in [0.15, 0.2) is 65.6 Å². The number of allylic oxidation sites excluding steroid dienone is 1. The maximum atomic E-state index is 13.6. The fraction of sp³-hybridized carbons (Fsp3) is 0.111. The number of nitrogens with zero attached hydrogens (tertiary/aromatic N) is 4. The number of benzene rings is 2. The monoisotopic (exact) mass is 464 g/mol. The van der Waals surface area contributed by atoms with E-state index in [0.29, 0.717) is 16.4 Å². The Kier molecular flexibility index (Phi) is 5.44. The SMILES string of the molecule is Cc1cccc(Oc2nc3c(C)cccn3c(=O)c2/C=C(\C#N)c2nc3ccccc3s2)c1C. The zero-order valence-corrected chi connectivity index (χ0v) is 19.7. The summed E-state index contributed by atoms with van der Waals surface area (Å²) in [6.45, 7) is 5.85. The van der Waals surface area contributed by atoms with Crippen LogP contribution in [0.3, 0.4) is 0 Å². The summed E-state index contributed by atoms with van der Waals surface area (Å²) in [7, 11) is 0. The van der Waals surface area contributed by atoms with Crippen molar-refractivity contribution in [2.75, 3.05) is 0 Å². The molecule has 0 amide bonds. The molecule has 7 heteroatoms. The number of ether oxygens (including phenoxy) is 1. The van der Waals surface area contributed by atoms with E-state index in [1.165, 1.54) is 21.8 Å². The minimum Gasteiger partial charge on any atom is -0.438 e. The van der Waals surface area contributed by atoms with Gasteiger partial charge in [-0.2, -0.15) is 10.2 Å². The van der Waals surface area contributed by atoms with Crippen LogP contribution in [0.4, 0.5) is 0 Å². The average Bonchev–Trinajstić information content (AvgIpc) is 3.27. The van der Waals surface area contributed by atoms with Crippen LogP contribution in [-0.4, -0.2) is 14.4 Å². The van der Waals surface area contributed by atoms with Crippen molar-refractivity contribution in [1.29, 1.82) is 5.26 Å². The van der Waals surface area contributed by atoms with Crippen molar-refractivity contribution in [1.82, 2.24) is 14.4 Å². The summed E-state index contributed by atoms with van der Waals surface area (Å²) in [5.74, 6) is 0.764. The molecule has 0 N–H and O–H groups in total. The molecule has 6 nitrogen and oxygen atoms in total. The lowest BCUT2D eigenvalue weighted by molar-refractivity contribution is 0.457. The highest BCUT2D eigenvalue weighted by molar-refractivity contribution is 7.19. The fourth-order valence-corrected chi connectivity index (χ4v) is 4.64. The van der Waals surface area contributed by atoms with Gasteiger partial charge in [-0.3, -0.25) is 9.20 Å². The number of aromatic nitrogens is 3. The van der Waals surface area contributed by atoms with E-state index in [-0.39, 0.29) is 22.6 Å². The Balaban J connectivity index is 1.75. The molecule has 0 unspecified atom stereocenters. The normalized spacial score (nSPS) is 11.6. The molecule has 0 spiro atoms. The zero-order valence-electron chi connectivity index (χ0n) is 18.9. The van der Waals surface area contributed by atoms with Gasteiger partial charge in [0.2, 0.25) is 5.88 Å². The van der Waals surface area contributed by atoms with Crippen molar-refractivity contribution in [3.63, 3.8) is 0 Å². The highest BCUT2D eigenvalue weighted by Gasteiger charge is 2.18. The molecule has 3 aromatic heterocycles. The van der Waals surface area contributed by atoms with Gasteiger partial charge in [0.1, 0.15) is 28.0 Å². The van der Waals surface area contributed by atoms with Crippen molar-refractivity contribution in [2.24, 2.45) is 0 Å². The smallest absolute Gasteiger partial charge is 0.269 e. The van der Waals surface area contributed by atoms with Crippen LogP contribution in [0.25, 0.3) is 27.5 Å². The van der Waals surface area contributed by atoms with Gasteiger partial charge in [0.15, 0.2) is 0 Å². The van der Waals surface area contributed by atoms with E-state index in [9.17, 15) is 10.1 Å². The number of hydrogen-bond donors (Lipinski definition) is 0. The van der Waals surface area contributed by atoms with Crippen molar-refractivity contribution in [2.45, 2.75) is 20.8 Å². The van der Waals surface area contributed by atoms with Gasteiger partial charge < -0.3 is 4.74 Å². The molecule has 3 heterocycles. The second-order valence-corrected chi connectivity index (χ2v) is 9.01. The van der Waals surface area contributed by atoms with E-state index < -0.39 is 0 Å². The first-order valence-electron chi connectivity index (χ1n) is 10.7. The number of thiazole rings is 1. The van der Waals surface area contributed by atoms with Gasteiger partial charge in [-0.1, -0.05) is 30.3 Å². The Bertz CT molecular complexity index is 1670. The summed E-state index contributed by atoms with van der Waals surface area (Å²) in [4.78, 5) is 22.8. The molecule has 5 aromatic rings. The molecule has 0 atom stereocenters. The summed E-state index contributed by atoms with van der Waals surface area (Å²) in [5, 5.41) is 10.5. The summed E-state index contributed by atoms with van der Waals surface area (Å²) in [6, 6.07) is 19.3. The van der Waals surface area contributed by atoms with Crippen molar-refractivity contribution in [3.05, 3.63) is 98.4 Å². The van der Waals surface area contributed by atoms with Gasteiger partial charge in [-0.25, -0.2) is 4.98 Å². The highest BCUT2D eigenvalue weighted by Crippen LogP contribution is 2.31. The second-order valence-electron chi connectivity index (χ2n) is 7.98. The number of hydrogen-bond acceptors (Lipinski definition) is 6. The van der Waals surface area contributed by atoms with Crippen LogP contribution >= 0.6 is 11.3 Å². The Hall–Kier alpha value is -4.28. The molecular weight excluding hydrogens is 444 g/mol. The van der Waals surface area contributed by atoms with E-state index in [1.54, 1.807) is 12.3 Å². The summed E-state index contributed by atoms with van der Waals surface area (Å²) < 4.78 is 8.65. The van der Waals surface area contributed by atoms with Crippen LogP contribution < -0.4 is 10.3 Å². The van der Waals surface area contributed by atoms with Crippen LogP contribution in [-0.2, 0) is 0 Å². The predicted molar refractivity (Wildman–Crippen MR) is 135 cm³/mol. The largest absolute Gasteiger partial charge is 0.438 e. The molecular formula is C27H20N4O2S. The first-order valence-corrected chi connectivity index (χ1v) is 11.5. The molecule has 0 bridgehead atoms. The van der Waals surface area contributed by atoms with E-state index in [2.05, 4.69) is 11.1 Å². The van der Waals surface area contributed by atoms with Gasteiger partial charge in [0, 0.05) is 6.20 Å². The summed E-state index contributed by atoms with van der Waals surface area (Å²) in [6.07, 6.45) is 3.20. The first kappa shape index (κ1) is 21.6. The predicted octanol–water partition coefficient (Wildman–Crippen LogP) is 6.09. The van der Waals surface area contributed by atoms with Gasteiger partial charge in [-0.05, 0) is 67.8 Å². The lowest BCUT2D eigenvalue weighted by atomic mass is 10.1. The Morgan fingerprint density at radius 3 is 2.62 bits per heavy atom. The number of rotatable bonds is 4. The third-order valence-corrected chi connectivity index (χ3v) is 6.81. The number of aryl methyl sites for hydroxylation is 2. The van der Waals surface area contributed by atoms with Gasteiger partial charge in [0.25, 0.3) is 5.56 Å². The Morgan fingerprint density at radius 1 is 1.03 bits per heavy atom. The third-order valence-electron chi connectivity index (χ3n) is 5.74. The molecule has 0 fully saturated rings. The van der Waals surface area contributed by atoms with Crippen molar-refractivity contribution >= 4 is 38.8 Å². The fourth-order valence-electron chi connectivity index (χ4n) is 3.71. The zero-order chi connectivity index (χ0) is 23.8. The van der Waals surface area contributed by atoms with E-state index >= 15 is 0 Å². The summed E-state index contributed by atoms with van der Waals surface area (Å²) in [5.41, 5.74) is 4.32. The average molecular weight is 465 g/mol. The Labute approximate surface area is 200 Å². The molecule has 166 valence electrons. The topological polar surface area (TPSA) is 80.3 Å².